The van der Waals surface area contributed by atoms with Crippen molar-refractivity contribution >= 4 is 58.0 Å². The predicted molar refractivity (Wildman–Crippen MR) is 145 cm³/mol. The van der Waals surface area contributed by atoms with E-state index in [4.69, 9.17) is 23.2 Å². The molecule has 39 heavy (non-hydrogen) atoms. The Labute approximate surface area is 232 Å². The van der Waals surface area contributed by atoms with E-state index in [1.165, 1.54) is 13.0 Å². The maximum absolute atomic E-state index is 14.9. The summed E-state index contributed by atoms with van der Waals surface area (Å²) in [6, 6.07) is 9.98. The summed E-state index contributed by atoms with van der Waals surface area (Å²) in [4.78, 5) is 37.3. The summed E-state index contributed by atoms with van der Waals surface area (Å²) in [6.45, 7) is 6.29. The number of carbonyl (C=O) groups is 3. The highest BCUT2D eigenvalue weighted by atomic mass is 35.5. The molecule has 0 aromatic heterocycles. The second-order valence-corrected chi connectivity index (χ2v) is 11.1. The third-order valence-corrected chi connectivity index (χ3v) is 7.29. The second-order valence-electron chi connectivity index (χ2n) is 9.61. The SMILES string of the molecule is CC(=O)Nc1c(F)ccc(NC(=O)c2cc(NC(=O)[C@H]3[C@H](c4cc(C)cc(C)c4)C3(Cl)Cl)cc(C)c2F)c1F. The minimum atomic E-state index is -1.36. The number of hydrogen-bond acceptors (Lipinski definition) is 3. The summed E-state index contributed by atoms with van der Waals surface area (Å²) in [7, 11) is 0. The van der Waals surface area contributed by atoms with Crippen LogP contribution in [0.5, 0.6) is 0 Å². The standard InChI is InChI=1S/C28H24Cl2F3N3O3/c1-12-7-13(2)9-16(8-12)21-22(28(21,29)30)27(39)35-17-10-14(3)23(32)18(11-17)26(38)36-20-6-5-19(31)25(24(20)33)34-15(4)37/h5-11,21-22H,1-4H3,(H,34,37)(H,35,39)(H,36,38)/t21-,22+/m0/s1. The Morgan fingerprint density at radius 3 is 2.10 bits per heavy atom. The largest absolute Gasteiger partial charge is 0.326 e. The normalized spacial score (nSPS) is 17.4. The molecule has 0 heterocycles. The van der Waals surface area contributed by atoms with Gasteiger partial charge in [-0.3, -0.25) is 14.4 Å². The fourth-order valence-electron chi connectivity index (χ4n) is 4.61. The van der Waals surface area contributed by atoms with Crippen molar-refractivity contribution in [3.8, 4) is 0 Å². The van der Waals surface area contributed by atoms with Crippen LogP contribution in [0.4, 0.5) is 30.2 Å². The molecule has 0 aliphatic heterocycles. The first-order valence-corrected chi connectivity index (χ1v) is 12.6. The lowest BCUT2D eigenvalue weighted by molar-refractivity contribution is -0.117. The first-order valence-electron chi connectivity index (χ1n) is 11.8. The Kier molecular flexibility index (Phi) is 7.69. The highest BCUT2D eigenvalue weighted by Gasteiger charge is 2.67. The van der Waals surface area contributed by atoms with Crippen molar-refractivity contribution in [1.82, 2.24) is 0 Å². The van der Waals surface area contributed by atoms with E-state index in [0.717, 1.165) is 41.8 Å². The van der Waals surface area contributed by atoms with Crippen LogP contribution in [0.3, 0.4) is 0 Å². The monoisotopic (exact) mass is 577 g/mol. The molecular weight excluding hydrogens is 554 g/mol. The summed E-state index contributed by atoms with van der Waals surface area (Å²) in [5, 5.41) is 6.82. The first-order chi connectivity index (χ1) is 18.2. The molecule has 0 spiro atoms. The van der Waals surface area contributed by atoms with Crippen LogP contribution in [0.1, 0.15) is 45.5 Å². The van der Waals surface area contributed by atoms with Crippen molar-refractivity contribution in [2.24, 2.45) is 5.92 Å². The van der Waals surface area contributed by atoms with Crippen molar-refractivity contribution < 1.29 is 27.6 Å². The second kappa shape index (κ2) is 10.5. The third kappa shape index (κ3) is 5.74. The number of aryl methyl sites for hydroxylation is 3. The molecule has 6 nitrogen and oxygen atoms in total. The average molecular weight is 578 g/mol. The van der Waals surface area contributed by atoms with E-state index in [9.17, 15) is 27.6 Å². The fraction of sp³-hybridized carbons (Fsp3) is 0.250. The van der Waals surface area contributed by atoms with Gasteiger partial charge in [-0.15, -0.1) is 23.2 Å². The van der Waals surface area contributed by atoms with Gasteiger partial charge in [-0.2, -0.15) is 0 Å². The molecule has 1 aliphatic carbocycles. The lowest BCUT2D eigenvalue weighted by Crippen LogP contribution is -2.20. The molecule has 11 heteroatoms. The predicted octanol–water partition coefficient (Wildman–Crippen LogP) is 6.77. The van der Waals surface area contributed by atoms with Crippen LogP contribution < -0.4 is 16.0 Å². The molecule has 4 rings (SSSR count). The summed E-state index contributed by atoms with van der Waals surface area (Å²) >= 11 is 12.9. The third-order valence-electron chi connectivity index (χ3n) is 6.35. The molecule has 204 valence electrons. The van der Waals surface area contributed by atoms with Gasteiger partial charge in [0.2, 0.25) is 11.8 Å². The van der Waals surface area contributed by atoms with E-state index in [-0.39, 0.29) is 11.3 Å². The zero-order valence-corrected chi connectivity index (χ0v) is 22.8. The van der Waals surface area contributed by atoms with Crippen molar-refractivity contribution in [3.63, 3.8) is 0 Å². The molecule has 0 unspecified atom stereocenters. The fourth-order valence-corrected chi connectivity index (χ4v) is 5.44. The topological polar surface area (TPSA) is 87.3 Å². The number of carbonyl (C=O) groups excluding carboxylic acids is 3. The minimum absolute atomic E-state index is 0.0288. The molecule has 2 atom stereocenters. The van der Waals surface area contributed by atoms with Gasteiger partial charge in [-0.25, -0.2) is 13.2 Å². The zero-order chi connectivity index (χ0) is 28.8. The van der Waals surface area contributed by atoms with Gasteiger partial charge in [0, 0.05) is 18.5 Å². The maximum atomic E-state index is 14.9. The van der Waals surface area contributed by atoms with Crippen molar-refractivity contribution in [3.05, 3.63) is 87.7 Å². The molecule has 3 amide bonds. The molecule has 3 N–H and O–H groups in total. The molecular formula is C28H24Cl2F3N3O3. The van der Waals surface area contributed by atoms with Crippen LogP contribution in [0, 0.1) is 44.1 Å². The molecule has 3 aromatic rings. The molecule has 3 aromatic carbocycles. The molecule has 1 fully saturated rings. The Bertz CT molecular complexity index is 1510. The summed E-state index contributed by atoms with van der Waals surface area (Å²) in [5.74, 6) is -6.78. The van der Waals surface area contributed by atoms with Crippen LogP contribution in [0.25, 0.3) is 0 Å². The Morgan fingerprint density at radius 2 is 1.49 bits per heavy atom. The molecule has 0 bridgehead atoms. The Morgan fingerprint density at radius 1 is 0.846 bits per heavy atom. The van der Waals surface area contributed by atoms with Gasteiger partial charge in [0.05, 0.1) is 17.2 Å². The van der Waals surface area contributed by atoms with Crippen LogP contribution in [0.2, 0.25) is 0 Å². The highest BCUT2D eigenvalue weighted by Crippen LogP contribution is 2.65. The van der Waals surface area contributed by atoms with Crippen LogP contribution in [-0.2, 0) is 9.59 Å². The number of anilines is 3. The Balaban J connectivity index is 1.57. The molecule has 0 radical (unpaired) electrons. The van der Waals surface area contributed by atoms with Gasteiger partial charge in [0.25, 0.3) is 5.91 Å². The van der Waals surface area contributed by atoms with E-state index >= 15 is 0 Å². The number of halogens is 5. The van der Waals surface area contributed by atoms with Crippen molar-refractivity contribution in [1.29, 1.82) is 0 Å². The lowest BCUT2D eigenvalue weighted by Gasteiger charge is -2.14. The van der Waals surface area contributed by atoms with Crippen LogP contribution in [-0.4, -0.2) is 22.1 Å². The first kappa shape index (κ1) is 28.4. The van der Waals surface area contributed by atoms with Gasteiger partial charge >= 0.3 is 0 Å². The number of alkyl halides is 2. The molecule has 1 aliphatic rings. The van der Waals surface area contributed by atoms with E-state index in [0.29, 0.717) is 0 Å². The van der Waals surface area contributed by atoms with Gasteiger partial charge in [0.1, 0.15) is 21.7 Å². The Hall–Kier alpha value is -3.56. The zero-order valence-electron chi connectivity index (χ0n) is 21.3. The molecule has 0 saturated heterocycles. The summed E-state index contributed by atoms with van der Waals surface area (Å²) in [5.41, 5.74) is 1.18. The van der Waals surface area contributed by atoms with E-state index in [1.807, 2.05) is 37.4 Å². The number of benzene rings is 3. The number of hydrogen-bond donors (Lipinski definition) is 3. The van der Waals surface area contributed by atoms with Crippen LogP contribution in [0.15, 0.2) is 42.5 Å². The number of amides is 3. The van der Waals surface area contributed by atoms with Gasteiger partial charge in [-0.1, -0.05) is 29.3 Å². The number of rotatable bonds is 6. The number of nitrogens with one attached hydrogen (secondary N) is 3. The minimum Gasteiger partial charge on any atom is -0.326 e. The highest BCUT2D eigenvalue weighted by molar-refractivity contribution is 6.53. The van der Waals surface area contributed by atoms with Crippen molar-refractivity contribution in [2.75, 3.05) is 16.0 Å². The van der Waals surface area contributed by atoms with Gasteiger partial charge in [0.15, 0.2) is 5.82 Å². The van der Waals surface area contributed by atoms with E-state index < -0.39 is 68.3 Å². The van der Waals surface area contributed by atoms with Crippen LogP contribution >= 0.6 is 23.2 Å². The molecule has 1 saturated carbocycles. The van der Waals surface area contributed by atoms with E-state index in [2.05, 4.69) is 10.6 Å². The lowest BCUT2D eigenvalue weighted by atomic mass is 10.0. The van der Waals surface area contributed by atoms with Gasteiger partial charge < -0.3 is 16.0 Å². The van der Waals surface area contributed by atoms with E-state index in [1.54, 1.807) is 0 Å². The summed E-state index contributed by atoms with van der Waals surface area (Å²) in [6.07, 6.45) is 0. The average Bonchev–Trinajstić information content (AvgIpc) is 3.42. The smallest absolute Gasteiger partial charge is 0.258 e. The quantitative estimate of drug-likeness (QED) is 0.283. The van der Waals surface area contributed by atoms with Gasteiger partial charge in [-0.05, 0) is 56.2 Å². The van der Waals surface area contributed by atoms with Crippen molar-refractivity contribution in [2.45, 2.75) is 37.9 Å². The summed E-state index contributed by atoms with van der Waals surface area (Å²) < 4.78 is 42.3. The maximum Gasteiger partial charge on any atom is 0.258 e.